The molecule has 3 rings (SSSR count). The van der Waals surface area contributed by atoms with E-state index in [4.69, 9.17) is 4.74 Å². The van der Waals surface area contributed by atoms with E-state index in [0.717, 1.165) is 37.6 Å². The third kappa shape index (κ3) is 2.39. The van der Waals surface area contributed by atoms with Crippen molar-refractivity contribution < 1.29 is 9.84 Å². The van der Waals surface area contributed by atoms with Crippen LogP contribution in [0.1, 0.15) is 19.3 Å². The zero-order valence-electron chi connectivity index (χ0n) is 10.0. The molecule has 0 spiro atoms. The van der Waals surface area contributed by atoms with Crippen LogP contribution in [0.4, 0.5) is 5.69 Å². The van der Waals surface area contributed by atoms with E-state index in [0.29, 0.717) is 5.92 Å². The molecular formula is C14H19NO2. The van der Waals surface area contributed by atoms with Gasteiger partial charge in [0, 0.05) is 13.1 Å². The molecule has 3 nitrogen and oxygen atoms in total. The van der Waals surface area contributed by atoms with E-state index in [1.54, 1.807) is 0 Å². The standard InChI is InChI=1S/C14H19NO2/c16-13(11-6-7-11)10-15-8-3-9-17-14-5-2-1-4-12(14)15/h1-2,4-5,11,13,16H,3,6-10H2. The fourth-order valence-electron chi connectivity index (χ4n) is 2.44. The van der Waals surface area contributed by atoms with Crippen LogP contribution in [-0.4, -0.2) is 30.9 Å². The molecule has 92 valence electrons. The van der Waals surface area contributed by atoms with Crippen LogP contribution in [0.15, 0.2) is 24.3 Å². The lowest BCUT2D eigenvalue weighted by molar-refractivity contribution is 0.156. The number of aliphatic hydroxyl groups excluding tert-OH is 1. The van der Waals surface area contributed by atoms with Gasteiger partial charge in [-0.3, -0.25) is 0 Å². The number of rotatable bonds is 3. The average Bonchev–Trinajstić information content (AvgIpc) is 3.16. The van der Waals surface area contributed by atoms with Gasteiger partial charge in [-0.15, -0.1) is 0 Å². The number of hydrogen-bond donors (Lipinski definition) is 1. The van der Waals surface area contributed by atoms with Gasteiger partial charge in [-0.25, -0.2) is 0 Å². The summed E-state index contributed by atoms with van der Waals surface area (Å²) in [6.45, 7) is 2.48. The second kappa shape index (κ2) is 4.57. The first-order valence-corrected chi connectivity index (χ1v) is 6.49. The van der Waals surface area contributed by atoms with Gasteiger partial charge in [0.05, 0.1) is 18.4 Å². The molecule has 1 aliphatic carbocycles. The van der Waals surface area contributed by atoms with Crippen LogP contribution < -0.4 is 9.64 Å². The van der Waals surface area contributed by atoms with Gasteiger partial charge < -0.3 is 14.7 Å². The summed E-state index contributed by atoms with van der Waals surface area (Å²) in [7, 11) is 0. The van der Waals surface area contributed by atoms with Crippen molar-refractivity contribution in [2.75, 3.05) is 24.6 Å². The van der Waals surface area contributed by atoms with E-state index >= 15 is 0 Å². The third-order valence-electron chi connectivity index (χ3n) is 3.61. The van der Waals surface area contributed by atoms with Crippen LogP contribution in [0.25, 0.3) is 0 Å². The van der Waals surface area contributed by atoms with E-state index in [-0.39, 0.29) is 6.10 Å². The van der Waals surface area contributed by atoms with Crippen molar-refractivity contribution in [3.8, 4) is 5.75 Å². The summed E-state index contributed by atoms with van der Waals surface area (Å²) >= 11 is 0. The molecule has 0 saturated heterocycles. The van der Waals surface area contributed by atoms with E-state index < -0.39 is 0 Å². The maximum absolute atomic E-state index is 10.1. The van der Waals surface area contributed by atoms with Crippen LogP contribution in [-0.2, 0) is 0 Å². The van der Waals surface area contributed by atoms with Gasteiger partial charge in [0.2, 0.25) is 0 Å². The van der Waals surface area contributed by atoms with Crippen molar-refractivity contribution >= 4 is 5.69 Å². The van der Waals surface area contributed by atoms with Gasteiger partial charge in [-0.1, -0.05) is 12.1 Å². The van der Waals surface area contributed by atoms with Crippen LogP contribution in [0.3, 0.4) is 0 Å². The maximum atomic E-state index is 10.1. The number of anilines is 1. The average molecular weight is 233 g/mol. The fourth-order valence-corrected chi connectivity index (χ4v) is 2.44. The monoisotopic (exact) mass is 233 g/mol. The van der Waals surface area contributed by atoms with Crippen LogP contribution >= 0.6 is 0 Å². The minimum Gasteiger partial charge on any atom is -0.491 e. The molecule has 1 atom stereocenters. The Labute approximate surface area is 102 Å². The second-order valence-electron chi connectivity index (χ2n) is 5.02. The highest BCUT2D eigenvalue weighted by molar-refractivity contribution is 5.59. The van der Waals surface area contributed by atoms with Crippen molar-refractivity contribution in [3.05, 3.63) is 24.3 Å². The van der Waals surface area contributed by atoms with Gasteiger partial charge in [-0.05, 0) is 37.3 Å². The summed E-state index contributed by atoms with van der Waals surface area (Å²) in [4.78, 5) is 2.27. The van der Waals surface area contributed by atoms with Gasteiger partial charge in [0.1, 0.15) is 5.75 Å². The number of fused-ring (bicyclic) bond motifs is 1. The molecule has 1 aromatic carbocycles. The number of aliphatic hydroxyl groups is 1. The number of hydrogen-bond acceptors (Lipinski definition) is 3. The first-order chi connectivity index (χ1) is 8.34. The molecule has 0 bridgehead atoms. The van der Waals surface area contributed by atoms with E-state index in [1.807, 2.05) is 18.2 Å². The largest absolute Gasteiger partial charge is 0.491 e. The molecule has 1 saturated carbocycles. The van der Waals surface area contributed by atoms with Crippen molar-refractivity contribution in [1.82, 2.24) is 0 Å². The highest BCUT2D eigenvalue weighted by Crippen LogP contribution is 2.35. The Morgan fingerprint density at radius 2 is 2.18 bits per heavy atom. The lowest BCUT2D eigenvalue weighted by Gasteiger charge is -2.26. The maximum Gasteiger partial charge on any atom is 0.142 e. The molecule has 1 fully saturated rings. The first-order valence-electron chi connectivity index (χ1n) is 6.49. The summed E-state index contributed by atoms with van der Waals surface area (Å²) in [6, 6.07) is 8.13. The Bertz CT molecular complexity index is 390. The predicted molar refractivity (Wildman–Crippen MR) is 67.5 cm³/mol. The summed E-state index contributed by atoms with van der Waals surface area (Å²) < 4.78 is 5.71. The quantitative estimate of drug-likeness (QED) is 0.867. The molecule has 0 amide bonds. The van der Waals surface area contributed by atoms with E-state index in [9.17, 15) is 5.11 Å². The highest BCUT2D eigenvalue weighted by atomic mass is 16.5. The molecule has 3 heteroatoms. The van der Waals surface area contributed by atoms with Gasteiger partial charge in [0.25, 0.3) is 0 Å². The highest BCUT2D eigenvalue weighted by Gasteiger charge is 2.31. The molecule has 1 aromatic rings. The SMILES string of the molecule is OC(CN1CCCOc2ccccc21)C1CC1. The number of para-hydroxylation sites is 2. The lowest BCUT2D eigenvalue weighted by atomic mass is 10.2. The molecule has 1 aliphatic heterocycles. The summed E-state index contributed by atoms with van der Waals surface area (Å²) in [5.74, 6) is 1.49. The van der Waals surface area contributed by atoms with Crippen LogP contribution in [0.5, 0.6) is 5.75 Å². The third-order valence-corrected chi connectivity index (χ3v) is 3.61. The van der Waals surface area contributed by atoms with Gasteiger partial charge in [-0.2, -0.15) is 0 Å². The van der Waals surface area contributed by atoms with Crippen LogP contribution in [0.2, 0.25) is 0 Å². The zero-order chi connectivity index (χ0) is 11.7. The molecule has 1 unspecified atom stereocenters. The fraction of sp³-hybridized carbons (Fsp3) is 0.571. The molecule has 0 aromatic heterocycles. The van der Waals surface area contributed by atoms with Crippen LogP contribution in [0, 0.1) is 5.92 Å². The molecule has 1 heterocycles. The Hall–Kier alpha value is -1.22. The summed E-state index contributed by atoms with van der Waals surface area (Å²) in [5.41, 5.74) is 1.13. The molecular weight excluding hydrogens is 214 g/mol. The summed E-state index contributed by atoms with van der Waals surface area (Å²) in [5, 5.41) is 10.1. The summed E-state index contributed by atoms with van der Waals surface area (Å²) in [6.07, 6.45) is 3.22. The Balaban J connectivity index is 1.78. The Morgan fingerprint density at radius 1 is 1.35 bits per heavy atom. The predicted octanol–water partition coefficient (Wildman–Crippen LogP) is 2.05. The second-order valence-corrected chi connectivity index (χ2v) is 5.02. The topological polar surface area (TPSA) is 32.7 Å². The van der Waals surface area contributed by atoms with Crippen molar-refractivity contribution in [2.24, 2.45) is 5.92 Å². The molecule has 17 heavy (non-hydrogen) atoms. The first kappa shape index (κ1) is 10.9. The van der Waals surface area contributed by atoms with Crippen molar-refractivity contribution in [2.45, 2.75) is 25.4 Å². The molecule has 2 aliphatic rings. The molecule has 1 N–H and O–H groups in total. The number of benzene rings is 1. The number of β-amino-alcohol motifs (C(OH)–C–C–N with tert-alkyl or cyclic N) is 1. The molecule has 0 radical (unpaired) electrons. The number of nitrogens with zero attached hydrogens (tertiary/aromatic N) is 1. The smallest absolute Gasteiger partial charge is 0.142 e. The van der Waals surface area contributed by atoms with Crippen molar-refractivity contribution in [3.63, 3.8) is 0 Å². The number of ether oxygens (including phenoxy) is 1. The normalized spacial score (nSPS) is 21.4. The zero-order valence-corrected chi connectivity index (χ0v) is 10.0. The Morgan fingerprint density at radius 3 is 3.00 bits per heavy atom. The minimum absolute atomic E-state index is 0.179. The minimum atomic E-state index is -0.179. The lowest BCUT2D eigenvalue weighted by Crippen LogP contribution is -2.34. The van der Waals surface area contributed by atoms with Gasteiger partial charge >= 0.3 is 0 Å². The van der Waals surface area contributed by atoms with E-state index in [1.165, 1.54) is 12.8 Å². The Kier molecular flexibility index (Phi) is 2.93. The van der Waals surface area contributed by atoms with E-state index in [2.05, 4.69) is 11.0 Å². The van der Waals surface area contributed by atoms with Gasteiger partial charge in [0.15, 0.2) is 0 Å². The van der Waals surface area contributed by atoms with Crippen molar-refractivity contribution in [1.29, 1.82) is 0 Å².